The van der Waals surface area contributed by atoms with E-state index < -0.39 is 41.2 Å². The van der Waals surface area contributed by atoms with E-state index in [1.165, 1.54) is 0 Å². The Labute approximate surface area is 220 Å². The summed E-state index contributed by atoms with van der Waals surface area (Å²) in [6.07, 6.45) is -4.76. The minimum Gasteiger partial charge on any atom is -0.329 e. The lowest BCUT2D eigenvalue weighted by Gasteiger charge is -2.51. The van der Waals surface area contributed by atoms with Crippen molar-refractivity contribution in [2.45, 2.75) is 37.3 Å². The number of nitrogens with one attached hydrogen (secondary N) is 2. The Morgan fingerprint density at radius 2 is 1.74 bits per heavy atom. The van der Waals surface area contributed by atoms with Crippen LogP contribution in [0, 0.1) is 11.8 Å². The number of halogens is 6. The second kappa shape index (κ2) is 10.2. The van der Waals surface area contributed by atoms with Crippen LogP contribution in [0.2, 0.25) is 0 Å². The minimum atomic E-state index is -5.02. The number of alkyl halides is 6. The van der Waals surface area contributed by atoms with Gasteiger partial charge in [0.15, 0.2) is 0 Å². The molecule has 5 atom stereocenters. The van der Waals surface area contributed by atoms with Crippen LogP contribution in [0.5, 0.6) is 0 Å². The van der Waals surface area contributed by atoms with Gasteiger partial charge in [0, 0.05) is 29.9 Å². The number of para-hydroxylation sites is 1. The van der Waals surface area contributed by atoms with Crippen molar-refractivity contribution >= 4 is 22.6 Å². The average Bonchev–Trinajstić information content (AvgIpc) is 2.90. The van der Waals surface area contributed by atoms with Crippen molar-refractivity contribution in [1.29, 1.82) is 0 Å². The molecule has 6 rings (SSSR count). The molecule has 1 aromatic heterocycles. The summed E-state index contributed by atoms with van der Waals surface area (Å²) in [7, 11) is 0. The lowest BCUT2D eigenvalue weighted by Crippen LogP contribution is -2.57. The Kier molecular flexibility index (Phi) is 7.04. The highest BCUT2D eigenvalue weighted by atomic mass is 19.4. The molecule has 0 spiro atoms. The van der Waals surface area contributed by atoms with Crippen molar-refractivity contribution in [2.24, 2.45) is 11.8 Å². The van der Waals surface area contributed by atoms with E-state index in [1.54, 1.807) is 12.3 Å². The topological polar surface area (TPSA) is 57.3 Å². The molecule has 3 aliphatic rings. The van der Waals surface area contributed by atoms with Crippen LogP contribution in [-0.2, 0) is 12.4 Å². The molecule has 2 N–H and O–H groups in total. The quantitative estimate of drug-likeness (QED) is 0.266. The number of anilines is 1. The number of hydrogen-bond donors (Lipinski definition) is 2. The number of urea groups is 1. The zero-order valence-electron chi connectivity index (χ0n) is 20.7. The number of carbonyl (C=O) groups excluding carboxylic acids is 1. The van der Waals surface area contributed by atoms with Crippen LogP contribution in [0.1, 0.15) is 35.6 Å². The third-order valence-corrected chi connectivity index (χ3v) is 7.69. The summed E-state index contributed by atoms with van der Waals surface area (Å²) in [4.78, 5) is 19.8. The molecule has 2 aromatic carbocycles. The van der Waals surface area contributed by atoms with E-state index in [-0.39, 0.29) is 12.1 Å². The standard InChI is InChI=1S/C28H26F6N4O/c1-2-16-15-38-10-8-17(16)11-24(38)25(22-7-9-35-23-6-4-3-5-21(22)23)37-26(39)36-20-13-18(27(29,30)31)12-19(14-20)28(32,33)34/h2-7,9,12-14,16-17,24-25H,1,8,10-11,15H2,(H2,36,37,39)/t16-,17-,24+,25+/m0/s1. The van der Waals surface area contributed by atoms with E-state index in [9.17, 15) is 31.1 Å². The molecule has 0 aliphatic carbocycles. The first kappa shape index (κ1) is 27.0. The van der Waals surface area contributed by atoms with Gasteiger partial charge in [0.25, 0.3) is 0 Å². The van der Waals surface area contributed by atoms with Gasteiger partial charge in [0.1, 0.15) is 0 Å². The van der Waals surface area contributed by atoms with Gasteiger partial charge in [-0.1, -0.05) is 24.3 Å². The van der Waals surface area contributed by atoms with Crippen LogP contribution in [0.3, 0.4) is 0 Å². The van der Waals surface area contributed by atoms with E-state index in [2.05, 4.69) is 27.1 Å². The number of rotatable bonds is 5. The smallest absolute Gasteiger partial charge is 0.329 e. The predicted molar refractivity (Wildman–Crippen MR) is 135 cm³/mol. The first-order chi connectivity index (χ1) is 18.4. The first-order valence-corrected chi connectivity index (χ1v) is 12.5. The molecule has 4 heterocycles. The maximum absolute atomic E-state index is 13.3. The number of amides is 2. The summed E-state index contributed by atoms with van der Waals surface area (Å²) in [5.41, 5.74) is -2.14. The minimum absolute atomic E-state index is 0.0249. The molecule has 3 fully saturated rings. The van der Waals surface area contributed by atoms with Crippen molar-refractivity contribution in [2.75, 3.05) is 18.4 Å². The molecule has 0 saturated carbocycles. The summed E-state index contributed by atoms with van der Waals surface area (Å²) in [6, 6.07) is 8.53. The molecular weight excluding hydrogens is 522 g/mol. The lowest BCUT2D eigenvalue weighted by molar-refractivity contribution is -0.143. The second-order valence-electron chi connectivity index (χ2n) is 10.0. The predicted octanol–water partition coefficient (Wildman–Crippen LogP) is 7.03. The zero-order chi connectivity index (χ0) is 27.9. The van der Waals surface area contributed by atoms with E-state index in [1.807, 2.05) is 30.3 Å². The second-order valence-corrected chi connectivity index (χ2v) is 10.0. The van der Waals surface area contributed by atoms with Gasteiger partial charge in [-0.2, -0.15) is 26.3 Å². The summed E-state index contributed by atoms with van der Waals surface area (Å²) in [5.74, 6) is 0.667. The number of carbonyl (C=O) groups is 1. The van der Waals surface area contributed by atoms with Crippen LogP contribution in [-0.4, -0.2) is 35.0 Å². The third kappa shape index (κ3) is 5.59. The first-order valence-electron chi connectivity index (χ1n) is 12.5. The number of benzene rings is 2. The van der Waals surface area contributed by atoms with Gasteiger partial charge in [-0.3, -0.25) is 9.88 Å². The Balaban J connectivity index is 1.48. The van der Waals surface area contributed by atoms with Gasteiger partial charge in [0.2, 0.25) is 0 Å². The monoisotopic (exact) mass is 548 g/mol. The highest BCUT2D eigenvalue weighted by Gasteiger charge is 2.43. The summed E-state index contributed by atoms with van der Waals surface area (Å²) >= 11 is 0. The fraction of sp³-hybridized carbons (Fsp3) is 0.357. The maximum Gasteiger partial charge on any atom is 0.416 e. The summed E-state index contributed by atoms with van der Waals surface area (Å²) < 4.78 is 80.0. The van der Waals surface area contributed by atoms with E-state index in [0.717, 1.165) is 36.9 Å². The summed E-state index contributed by atoms with van der Waals surface area (Å²) in [5, 5.41) is 5.89. The fourth-order valence-corrected chi connectivity index (χ4v) is 5.83. The van der Waals surface area contributed by atoms with E-state index >= 15 is 0 Å². The highest BCUT2D eigenvalue weighted by Crippen LogP contribution is 2.42. The van der Waals surface area contributed by atoms with Gasteiger partial charge in [0.05, 0.1) is 22.7 Å². The molecule has 39 heavy (non-hydrogen) atoms. The molecule has 3 aliphatic heterocycles. The Morgan fingerprint density at radius 1 is 1.05 bits per heavy atom. The average molecular weight is 549 g/mol. The number of piperidine rings is 3. The van der Waals surface area contributed by atoms with Gasteiger partial charge in [-0.05, 0) is 67.1 Å². The number of pyridine rings is 1. The van der Waals surface area contributed by atoms with Gasteiger partial charge in [-0.25, -0.2) is 4.79 Å². The Morgan fingerprint density at radius 3 is 2.36 bits per heavy atom. The third-order valence-electron chi connectivity index (χ3n) is 7.69. The number of nitrogens with zero attached hydrogens (tertiary/aromatic N) is 2. The molecule has 2 bridgehead atoms. The maximum atomic E-state index is 13.3. The molecule has 2 amide bonds. The molecule has 3 saturated heterocycles. The van der Waals surface area contributed by atoms with Crippen LogP contribution < -0.4 is 10.6 Å². The van der Waals surface area contributed by atoms with Crippen molar-refractivity contribution in [3.05, 3.63) is 84.1 Å². The molecular formula is C28H26F6N4O. The number of fused-ring (bicyclic) bond motifs is 4. The van der Waals surface area contributed by atoms with Crippen molar-refractivity contribution in [3.63, 3.8) is 0 Å². The molecule has 11 heteroatoms. The molecule has 3 aromatic rings. The van der Waals surface area contributed by atoms with Crippen LogP contribution >= 0.6 is 0 Å². The van der Waals surface area contributed by atoms with E-state index in [0.29, 0.717) is 29.5 Å². The van der Waals surface area contributed by atoms with Gasteiger partial charge < -0.3 is 10.6 Å². The van der Waals surface area contributed by atoms with Gasteiger partial charge in [-0.15, -0.1) is 6.58 Å². The Hall–Kier alpha value is -3.60. The van der Waals surface area contributed by atoms with Crippen LogP contribution in [0.25, 0.3) is 10.9 Å². The highest BCUT2D eigenvalue weighted by molar-refractivity contribution is 5.91. The SMILES string of the molecule is C=C[C@H]1CN2CC[C@H]1C[C@@H]2[C@H](NC(=O)Nc1cc(C(F)(F)F)cc(C(F)(F)F)c1)c1ccnc2ccccc12. The Bertz CT molecular complexity index is 1350. The van der Waals surface area contributed by atoms with Crippen LogP contribution in [0.4, 0.5) is 36.8 Å². The molecule has 206 valence electrons. The lowest BCUT2D eigenvalue weighted by atomic mass is 9.73. The zero-order valence-corrected chi connectivity index (χ0v) is 20.7. The largest absolute Gasteiger partial charge is 0.416 e. The van der Waals surface area contributed by atoms with E-state index in [4.69, 9.17) is 0 Å². The number of hydrogen-bond acceptors (Lipinski definition) is 3. The fourth-order valence-electron chi connectivity index (χ4n) is 5.83. The summed E-state index contributed by atoms with van der Waals surface area (Å²) in [6.45, 7) is 5.51. The molecule has 0 radical (unpaired) electrons. The van der Waals surface area contributed by atoms with Gasteiger partial charge >= 0.3 is 18.4 Å². The van der Waals surface area contributed by atoms with Crippen molar-refractivity contribution < 1.29 is 31.1 Å². The molecule has 5 nitrogen and oxygen atoms in total. The van der Waals surface area contributed by atoms with Crippen LogP contribution in [0.15, 0.2) is 67.4 Å². The normalized spacial score (nSPS) is 23.8. The van der Waals surface area contributed by atoms with Crippen molar-refractivity contribution in [3.8, 4) is 0 Å². The molecule has 1 unspecified atom stereocenters. The number of aromatic nitrogens is 1. The van der Waals surface area contributed by atoms with Crippen molar-refractivity contribution in [1.82, 2.24) is 15.2 Å².